The molecule has 1 aromatic carbocycles. The molecule has 2 heterocycles. The lowest BCUT2D eigenvalue weighted by Crippen LogP contribution is -2.05. The normalized spacial score (nSPS) is 11.1. The van der Waals surface area contributed by atoms with Crippen LogP contribution in [0.1, 0.15) is 18.1 Å². The third-order valence-electron chi connectivity index (χ3n) is 3.35. The first-order valence-corrected chi connectivity index (χ1v) is 7.31. The van der Waals surface area contributed by atoms with Gasteiger partial charge >= 0.3 is 0 Å². The first kappa shape index (κ1) is 13.1. The maximum atomic E-state index is 6.00. The molecule has 0 atom stereocenters. The molecule has 2 N–H and O–H groups in total. The van der Waals surface area contributed by atoms with Crippen LogP contribution in [-0.4, -0.2) is 14.5 Å². The molecule has 0 unspecified atom stereocenters. The Kier molecular flexibility index (Phi) is 3.44. The topological polar surface area (TPSA) is 56.7 Å². The average molecular weight is 331 g/mol. The van der Waals surface area contributed by atoms with Gasteiger partial charge in [0.05, 0.1) is 6.54 Å². The molecule has 0 fully saturated rings. The number of fused-ring (bicyclic) bond motifs is 1. The summed E-state index contributed by atoms with van der Waals surface area (Å²) in [7, 11) is 0. The second kappa shape index (κ2) is 5.25. The molecule has 0 spiro atoms. The lowest BCUT2D eigenvalue weighted by atomic mass is 10.1. The number of pyridine rings is 1. The molecule has 0 aliphatic carbocycles. The number of rotatable bonds is 3. The Morgan fingerprint density at radius 3 is 2.60 bits per heavy atom. The van der Waals surface area contributed by atoms with E-state index in [2.05, 4.69) is 57.1 Å². The van der Waals surface area contributed by atoms with Gasteiger partial charge in [-0.25, -0.2) is 9.97 Å². The highest BCUT2D eigenvalue weighted by Crippen LogP contribution is 2.21. The standard InChI is InChI=1S/C15H15BrN4/c1-2-10-3-5-11(6-4-10)9-20-14-13(19-15(20)17)7-12(16)8-18-14/h3-8H,2,9H2,1H3,(H2,17,19). The van der Waals surface area contributed by atoms with E-state index in [0.717, 1.165) is 22.1 Å². The highest BCUT2D eigenvalue weighted by atomic mass is 79.9. The molecule has 0 aliphatic rings. The number of anilines is 1. The van der Waals surface area contributed by atoms with Crippen LogP contribution >= 0.6 is 15.9 Å². The van der Waals surface area contributed by atoms with Gasteiger partial charge in [0.15, 0.2) is 5.65 Å². The van der Waals surface area contributed by atoms with Gasteiger partial charge in [-0.2, -0.15) is 0 Å². The van der Waals surface area contributed by atoms with Gasteiger partial charge in [0.2, 0.25) is 5.95 Å². The molecular formula is C15H15BrN4. The van der Waals surface area contributed by atoms with Crippen LogP contribution in [0.5, 0.6) is 0 Å². The van der Waals surface area contributed by atoms with E-state index in [1.807, 2.05) is 10.6 Å². The van der Waals surface area contributed by atoms with E-state index in [-0.39, 0.29) is 0 Å². The van der Waals surface area contributed by atoms with E-state index >= 15 is 0 Å². The van der Waals surface area contributed by atoms with Crippen molar-refractivity contribution in [2.24, 2.45) is 0 Å². The van der Waals surface area contributed by atoms with E-state index in [1.165, 1.54) is 11.1 Å². The van der Waals surface area contributed by atoms with Crippen LogP contribution in [0.25, 0.3) is 11.2 Å². The Balaban J connectivity index is 1.99. The van der Waals surface area contributed by atoms with Crippen molar-refractivity contribution in [3.05, 3.63) is 52.1 Å². The Morgan fingerprint density at radius 1 is 1.20 bits per heavy atom. The zero-order chi connectivity index (χ0) is 14.1. The van der Waals surface area contributed by atoms with E-state index in [4.69, 9.17) is 5.73 Å². The minimum atomic E-state index is 0.491. The van der Waals surface area contributed by atoms with E-state index in [1.54, 1.807) is 6.20 Å². The summed E-state index contributed by atoms with van der Waals surface area (Å²) < 4.78 is 2.84. The monoisotopic (exact) mass is 330 g/mol. The molecule has 0 saturated carbocycles. The summed E-state index contributed by atoms with van der Waals surface area (Å²) in [5.41, 5.74) is 10.1. The van der Waals surface area contributed by atoms with Crippen LogP contribution in [-0.2, 0) is 13.0 Å². The minimum Gasteiger partial charge on any atom is -0.369 e. The third-order valence-corrected chi connectivity index (χ3v) is 3.79. The van der Waals surface area contributed by atoms with Crippen LogP contribution in [0, 0.1) is 0 Å². The maximum absolute atomic E-state index is 6.00. The molecule has 5 heteroatoms. The van der Waals surface area contributed by atoms with Crippen molar-refractivity contribution in [2.45, 2.75) is 19.9 Å². The van der Waals surface area contributed by atoms with Crippen LogP contribution in [0.2, 0.25) is 0 Å². The fourth-order valence-electron chi connectivity index (χ4n) is 2.22. The molecule has 0 amide bonds. The first-order chi connectivity index (χ1) is 9.67. The Bertz CT molecular complexity index is 746. The van der Waals surface area contributed by atoms with E-state index in [9.17, 15) is 0 Å². The number of imidazole rings is 1. The molecule has 0 saturated heterocycles. The summed E-state index contributed by atoms with van der Waals surface area (Å²) in [6, 6.07) is 10.5. The number of nitrogens with zero attached hydrogens (tertiary/aromatic N) is 3. The number of aryl methyl sites for hydroxylation is 1. The number of benzene rings is 1. The number of aromatic nitrogens is 3. The third kappa shape index (κ3) is 2.41. The summed E-state index contributed by atoms with van der Waals surface area (Å²) in [5.74, 6) is 0.491. The predicted molar refractivity (Wildman–Crippen MR) is 84.6 cm³/mol. The van der Waals surface area contributed by atoms with Crippen molar-refractivity contribution in [1.82, 2.24) is 14.5 Å². The molecule has 102 valence electrons. The maximum Gasteiger partial charge on any atom is 0.202 e. The Morgan fingerprint density at radius 2 is 1.90 bits per heavy atom. The van der Waals surface area contributed by atoms with E-state index < -0.39 is 0 Å². The molecule has 4 nitrogen and oxygen atoms in total. The van der Waals surface area contributed by atoms with Crippen LogP contribution in [0.15, 0.2) is 41.0 Å². The molecule has 20 heavy (non-hydrogen) atoms. The molecule has 0 bridgehead atoms. The summed E-state index contributed by atoms with van der Waals surface area (Å²) in [5, 5.41) is 0. The van der Waals surface area contributed by atoms with Gasteiger partial charge in [-0.3, -0.25) is 4.57 Å². The lowest BCUT2D eigenvalue weighted by molar-refractivity contribution is 0.827. The Hall–Kier alpha value is -1.88. The van der Waals surface area contributed by atoms with Gasteiger partial charge in [-0.05, 0) is 39.5 Å². The smallest absolute Gasteiger partial charge is 0.202 e. The van der Waals surface area contributed by atoms with Gasteiger partial charge in [0, 0.05) is 10.7 Å². The first-order valence-electron chi connectivity index (χ1n) is 6.52. The van der Waals surface area contributed by atoms with Crippen LogP contribution in [0.4, 0.5) is 5.95 Å². The number of nitrogen functional groups attached to an aromatic ring is 1. The second-order valence-electron chi connectivity index (χ2n) is 4.72. The fourth-order valence-corrected chi connectivity index (χ4v) is 2.54. The van der Waals surface area contributed by atoms with Crippen LogP contribution < -0.4 is 5.73 Å². The Labute approximate surface area is 125 Å². The van der Waals surface area contributed by atoms with Crippen molar-refractivity contribution in [3.8, 4) is 0 Å². The quantitative estimate of drug-likeness (QED) is 0.800. The molecular weight excluding hydrogens is 316 g/mol. The highest BCUT2D eigenvalue weighted by Gasteiger charge is 2.10. The predicted octanol–water partition coefficient (Wildman–Crippen LogP) is 3.39. The van der Waals surface area contributed by atoms with Crippen LogP contribution in [0.3, 0.4) is 0 Å². The molecule has 0 aliphatic heterocycles. The number of halogens is 1. The van der Waals surface area contributed by atoms with Gasteiger partial charge < -0.3 is 5.73 Å². The van der Waals surface area contributed by atoms with Gasteiger partial charge in [0.1, 0.15) is 5.52 Å². The molecule has 2 aromatic heterocycles. The SMILES string of the molecule is CCc1ccc(Cn2c(N)nc3cc(Br)cnc32)cc1. The van der Waals surface area contributed by atoms with Gasteiger partial charge in [0.25, 0.3) is 0 Å². The highest BCUT2D eigenvalue weighted by molar-refractivity contribution is 9.10. The number of nitrogens with two attached hydrogens (primary N) is 1. The second-order valence-corrected chi connectivity index (χ2v) is 5.64. The lowest BCUT2D eigenvalue weighted by Gasteiger charge is -2.07. The zero-order valence-electron chi connectivity index (χ0n) is 11.2. The van der Waals surface area contributed by atoms with Crippen molar-refractivity contribution < 1.29 is 0 Å². The molecule has 3 aromatic rings. The molecule has 3 rings (SSSR count). The summed E-state index contributed by atoms with van der Waals surface area (Å²) in [4.78, 5) is 8.76. The number of hydrogen-bond acceptors (Lipinski definition) is 3. The zero-order valence-corrected chi connectivity index (χ0v) is 12.8. The van der Waals surface area contributed by atoms with Crippen molar-refractivity contribution in [2.75, 3.05) is 5.73 Å². The average Bonchev–Trinajstić information content (AvgIpc) is 2.75. The van der Waals surface area contributed by atoms with E-state index in [0.29, 0.717) is 12.5 Å². The van der Waals surface area contributed by atoms with Crippen molar-refractivity contribution in [3.63, 3.8) is 0 Å². The fraction of sp³-hybridized carbons (Fsp3) is 0.200. The van der Waals surface area contributed by atoms with Crippen molar-refractivity contribution in [1.29, 1.82) is 0 Å². The van der Waals surface area contributed by atoms with Gasteiger partial charge in [-0.1, -0.05) is 31.2 Å². The summed E-state index contributed by atoms with van der Waals surface area (Å²) >= 11 is 3.40. The number of hydrogen-bond donors (Lipinski definition) is 1. The summed E-state index contributed by atoms with van der Waals surface area (Å²) in [6.07, 6.45) is 2.81. The minimum absolute atomic E-state index is 0.491. The van der Waals surface area contributed by atoms with Gasteiger partial charge in [-0.15, -0.1) is 0 Å². The van der Waals surface area contributed by atoms with Crippen molar-refractivity contribution >= 4 is 33.0 Å². The summed E-state index contributed by atoms with van der Waals surface area (Å²) in [6.45, 7) is 2.83. The largest absolute Gasteiger partial charge is 0.369 e. The molecule has 0 radical (unpaired) electrons.